The van der Waals surface area contributed by atoms with Crippen LogP contribution in [-0.2, 0) is 19.1 Å². The van der Waals surface area contributed by atoms with Crippen LogP contribution in [0.5, 0.6) is 0 Å². The number of esters is 2. The summed E-state index contributed by atoms with van der Waals surface area (Å²) in [5.41, 5.74) is 0. The van der Waals surface area contributed by atoms with Gasteiger partial charge in [0.15, 0.2) is 0 Å². The average Bonchev–Trinajstić information content (AvgIpc) is 3.27. The van der Waals surface area contributed by atoms with Gasteiger partial charge in [0, 0.05) is 42.5 Å². The summed E-state index contributed by atoms with van der Waals surface area (Å²) in [7, 11) is 2.23. The summed E-state index contributed by atoms with van der Waals surface area (Å²) >= 11 is 4.14. The van der Waals surface area contributed by atoms with Gasteiger partial charge in [-0.15, -0.1) is 23.5 Å². The van der Waals surface area contributed by atoms with Gasteiger partial charge in [0.1, 0.15) is 0 Å². The zero-order valence-corrected chi connectivity index (χ0v) is 43.0. The molecule has 8 heteroatoms. The number of likely N-dealkylation sites (tertiary alicyclic amines) is 1. The second-order valence-electron chi connectivity index (χ2n) is 18.5. The maximum atomic E-state index is 12.2. The summed E-state index contributed by atoms with van der Waals surface area (Å²) in [4.78, 5) is 29.4. The van der Waals surface area contributed by atoms with Crippen molar-refractivity contribution in [3.05, 3.63) is 24.3 Å². The smallest absolute Gasteiger partial charge is 0.305 e. The van der Waals surface area contributed by atoms with Gasteiger partial charge in [0.2, 0.25) is 0 Å². The van der Waals surface area contributed by atoms with Crippen LogP contribution in [0.3, 0.4) is 0 Å². The maximum absolute atomic E-state index is 12.2. The van der Waals surface area contributed by atoms with Gasteiger partial charge in [-0.3, -0.25) is 9.59 Å². The van der Waals surface area contributed by atoms with Gasteiger partial charge in [0.05, 0.1) is 13.2 Å². The van der Waals surface area contributed by atoms with E-state index in [1.165, 1.54) is 197 Å². The van der Waals surface area contributed by atoms with Crippen LogP contribution in [0.15, 0.2) is 24.3 Å². The van der Waals surface area contributed by atoms with Gasteiger partial charge < -0.3 is 19.3 Å². The Hall–Kier alpha value is -0.960. The third kappa shape index (κ3) is 43.0. The number of thioether (sulfide) groups is 2. The van der Waals surface area contributed by atoms with E-state index in [4.69, 9.17) is 9.47 Å². The van der Waals surface area contributed by atoms with E-state index in [1.54, 1.807) is 0 Å². The van der Waals surface area contributed by atoms with E-state index >= 15 is 0 Å². The van der Waals surface area contributed by atoms with Crippen molar-refractivity contribution in [1.29, 1.82) is 0 Å². The van der Waals surface area contributed by atoms with Gasteiger partial charge in [-0.25, -0.2) is 0 Å². The molecule has 0 atom stereocenters. The molecule has 0 aliphatic carbocycles. The number of unbranched alkanes of at least 4 members (excludes halogenated alkanes) is 24. The second-order valence-corrected chi connectivity index (χ2v) is 21.1. The van der Waals surface area contributed by atoms with Gasteiger partial charge in [-0.05, 0) is 135 Å². The van der Waals surface area contributed by atoms with E-state index in [0.717, 1.165) is 58.0 Å². The number of nitrogens with zero attached hydrogens (tertiary/aromatic N) is 2. The highest BCUT2D eigenvalue weighted by molar-refractivity contribution is 8.16. The minimum Gasteiger partial charge on any atom is -0.466 e. The van der Waals surface area contributed by atoms with Gasteiger partial charge >= 0.3 is 11.9 Å². The van der Waals surface area contributed by atoms with Crippen molar-refractivity contribution in [2.24, 2.45) is 5.92 Å². The predicted octanol–water partition coefficient (Wildman–Crippen LogP) is 15.8. The lowest BCUT2D eigenvalue weighted by Crippen LogP contribution is -2.35. The molecule has 364 valence electrons. The number of carbonyl (C=O) groups excluding carboxylic acids is 2. The van der Waals surface area contributed by atoms with Gasteiger partial charge in [-0.2, -0.15) is 0 Å². The molecule has 0 aromatic heterocycles. The van der Waals surface area contributed by atoms with Crippen molar-refractivity contribution < 1.29 is 19.1 Å². The highest BCUT2D eigenvalue weighted by Crippen LogP contribution is 2.22. The molecular weight excluding hydrogens is 805 g/mol. The molecule has 0 bridgehead atoms. The first-order valence-electron chi connectivity index (χ1n) is 26.7. The summed E-state index contributed by atoms with van der Waals surface area (Å²) in [6.45, 7) is 11.6. The highest BCUT2D eigenvalue weighted by atomic mass is 32.2. The molecule has 1 aliphatic rings. The molecule has 1 rings (SSSR count). The summed E-state index contributed by atoms with van der Waals surface area (Å²) < 4.78 is 11.1. The van der Waals surface area contributed by atoms with E-state index in [-0.39, 0.29) is 11.9 Å². The molecule has 1 fully saturated rings. The lowest BCUT2D eigenvalue weighted by atomic mass is 9.94. The third-order valence-electron chi connectivity index (χ3n) is 12.6. The number of carbonyl (C=O) groups is 2. The first-order chi connectivity index (χ1) is 30.5. The lowest BCUT2D eigenvalue weighted by molar-refractivity contribution is -0.145. The standard InChI is InChI=1S/C54H102N2O4S2/c1-4-6-8-10-12-14-16-18-20-22-24-26-28-30-33-37-53(57)59-47-36-32-35-42-55(3)45-49-61-51-62-50-46-56-43-39-52(40-44-56)41-48-60-54(58)38-34-31-29-27-25-23-21-19-17-15-13-11-9-7-5-2/h18-21,52H,4-17,22-51H2,1-3H3/b20-18-,21-19-. The number of hydrogen-bond donors (Lipinski definition) is 0. The van der Waals surface area contributed by atoms with Crippen LogP contribution in [0.25, 0.3) is 0 Å². The molecule has 0 spiro atoms. The Morgan fingerprint density at radius 2 is 0.968 bits per heavy atom. The Labute approximate surface area is 394 Å². The van der Waals surface area contributed by atoms with Crippen LogP contribution >= 0.6 is 23.5 Å². The van der Waals surface area contributed by atoms with Crippen molar-refractivity contribution in [3.63, 3.8) is 0 Å². The third-order valence-corrected chi connectivity index (χ3v) is 14.8. The molecule has 0 saturated carbocycles. The number of rotatable bonds is 47. The zero-order valence-electron chi connectivity index (χ0n) is 41.3. The second kappa shape index (κ2) is 48.0. The molecule has 1 saturated heterocycles. The monoisotopic (exact) mass is 907 g/mol. The fourth-order valence-electron chi connectivity index (χ4n) is 8.21. The molecule has 6 nitrogen and oxygen atoms in total. The van der Waals surface area contributed by atoms with Crippen molar-refractivity contribution in [2.75, 3.05) is 69.6 Å². The molecule has 1 heterocycles. The van der Waals surface area contributed by atoms with Gasteiger partial charge in [-0.1, -0.05) is 141 Å². The van der Waals surface area contributed by atoms with Crippen molar-refractivity contribution in [2.45, 2.75) is 232 Å². The molecule has 0 aromatic carbocycles. The molecule has 0 aromatic rings. The molecular formula is C54H102N2O4S2. The number of piperidine rings is 1. The van der Waals surface area contributed by atoms with Crippen molar-refractivity contribution >= 4 is 35.5 Å². The summed E-state index contributed by atoms with van der Waals surface area (Å²) in [6, 6.07) is 0. The topological polar surface area (TPSA) is 59.1 Å². The van der Waals surface area contributed by atoms with Crippen LogP contribution in [-0.4, -0.2) is 91.3 Å². The molecule has 0 N–H and O–H groups in total. The summed E-state index contributed by atoms with van der Waals surface area (Å²) in [5, 5.41) is 1.18. The summed E-state index contributed by atoms with van der Waals surface area (Å²) in [5.74, 6) is 3.10. The van der Waals surface area contributed by atoms with E-state index < -0.39 is 0 Å². The number of ether oxygens (including phenoxy) is 2. The predicted molar refractivity (Wildman–Crippen MR) is 276 cm³/mol. The van der Waals surface area contributed by atoms with E-state index in [2.05, 4.69) is 78.5 Å². The Bertz CT molecular complexity index is 1020. The molecule has 0 radical (unpaired) electrons. The zero-order chi connectivity index (χ0) is 44.7. The van der Waals surface area contributed by atoms with E-state index in [1.807, 2.05) is 0 Å². The fraction of sp³-hybridized carbons (Fsp3) is 0.889. The van der Waals surface area contributed by atoms with Crippen LogP contribution in [0, 0.1) is 5.92 Å². The number of hydrogen-bond acceptors (Lipinski definition) is 8. The van der Waals surface area contributed by atoms with Gasteiger partial charge in [0.25, 0.3) is 0 Å². The van der Waals surface area contributed by atoms with E-state index in [9.17, 15) is 9.59 Å². The van der Waals surface area contributed by atoms with E-state index in [0.29, 0.717) is 32.0 Å². The van der Waals surface area contributed by atoms with Crippen molar-refractivity contribution in [1.82, 2.24) is 9.80 Å². The minimum atomic E-state index is -0.00961. The molecule has 62 heavy (non-hydrogen) atoms. The minimum absolute atomic E-state index is 0.00650. The lowest BCUT2D eigenvalue weighted by Gasteiger charge is -2.31. The normalized spacial score (nSPS) is 13.9. The van der Waals surface area contributed by atoms with Crippen LogP contribution < -0.4 is 0 Å². The first-order valence-corrected chi connectivity index (χ1v) is 29.0. The van der Waals surface area contributed by atoms with Crippen LogP contribution in [0.2, 0.25) is 0 Å². The maximum Gasteiger partial charge on any atom is 0.305 e. The van der Waals surface area contributed by atoms with Crippen LogP contribution in [0.1, 0.15) is 232 Å². The van der Waals surface area contributed by atoms with Crippen molar-refractivity contribution in [3.8, 4) is 0 Å². The number of allylic oxidation sites excluding steroid dienone is 4. The molecule has 1 aliphatic heterocycles. The Balaban J connectivity index is 1.81. The average molecular weight is 908 g/mol. The largest absolute Gasteiger partial charge is 0.466 e. The summed E-state index contributed by atoms with van der Waals surface area (Å²) in [6.07, 6.45) is 50.6. The Morgan fingerprint density at radius 1 is 0.532 bits per heavy atom. The SMILES string of the molecule is CCCCCCCC/C=C\CCCCCCCC(=O)OCCCCCN(C)CCSCSCCN1CCC(CCOC(=O)CCCCCCC/C=C\CCCCCCCC)CC1. The molecule has 0 unspecified atom stereocenters. The fourth-order valence-corrected chi connectivity index (χ4v) is 10.5. The Kier molecular flexibility index (Phi) is 45.7. The first kappa shape index (κ1) is 59.1. The highest BCUT2D eigenvalue weighted by Gasteiger charge is 2.19. The molecule has 0 amide bonds. The van der Waals surface area contributed by atoms with Crippen LogP contribution in [0.4, 0.5) is 0 Å². The quantitative estimate of drug-likeness (QED) is 0.0259. The Morgan fingerprint density at radius 3 is 1.48 bits per heavy atom.